The molecule has 0 aliphatic carbocycles. The predicted molar refractivity (Wildman–Crippen MR) is 60.4 cm³/mol. The summed E-state index contributed by atoms with van der Waals surface area (Å²) in [5.41, 5.74) is -0.996. The van der Waals surface area contributed by atoms with Crippen LogP contribution in [0.4, 0.5) is 8.78 Å². The van der Waals surface area contributed by atoms with E-state index in [1.165, 1.54) is 7.11 Å². The first-order valence-electron chi connectivity index (χ1n) is 4.65. The van der Waals surface area contributed by atoms with Crippen molar-refractivity contribution in [2.24, 2.45) is 0 Å². The Labute approximate surface area is 104 Å². The number of methoxy groups -OCH3 is 1. The molecule has 0 unspecified atom stereocenters. The number of esters is 1. The largest absolute Gasteiger partial charge is 0.469 e. The number of H-pyrrole nitrogens is 1. The van der Waals surface area contributed by atoms with E-state index in [2.05, 4.69) is 25.7 Å². The van der Waals surface area contributed by atoms with Crippen molar-refractivity contribution in [3.05, 3.63) is 33.2 Å². The maximum Gasteiger partial charge on any atom is 0.310 e. The lowest BCUT2D eigenvalue weighted by molar-refractivity contribution is -0.139. The number of ether oxygens (including phenoxy) is 1. The lowest BCUT2D eigenvalue weighted by atomic mass is 10.0. The minimum atomic E-state index is -2.82. The molecule has 4 nitrogen and oxygen atoms in total. The number of carbonyl (C=O) groups is 1. The van der Waals surface area contributed by atoms with Gasteiger partial charge in [-0.05, 0) is 5.56 Å². The Morgan fingerprint density at radius 2 is 2.24 bits per heavy atom. The molecule has 1 N–H and O–H groups in total. The molecule has 94 valence electrons. The number of rotatable bonds is 4. The van der Waals surface area contributed by atoms with Gasteiger partial charge in [-0.2, -0.15) is 0 Å². The van der Waals surface area contributed by atoms with Crippen LogP contribution in [0.15, 0.2) is 11.0 Å². The fraction of sp³-hybridized carbons (Fsp3) is 0.400. The fourth-order valence-corrected chi connectivity index (χ4v) is 1.97. The molecule has 0 saturated carbocycles. The van der Waals surface area contributed by atoms with Crippen molar-refractivity contribution in [3.8, 4) is 0 Å². The van der Waals surface area contributed by atoms with Gasteiger partial charge in [0.2, 0.25) is 0 Å². The molecule has 0 atom stereocenters. The molecular weight excluding hydrogens is 300 g/mol. The van der Waals surface area contributed by atoms with Gasteiger partial charge in [0.05, 0.1) is 13.5 Å². The summed E-state index contributed by atoms with van der Waals surface area (Å²) in [6, 6.07) is 0. The van der Waals surface area contributed by atoms with Gasteiger partial charge in [0, 0.05) is 22.7 Å². The van der Waals surface area contributed by atoms with Gasteiger partial charge in [-0.3, -0.25) is 9.59 Å². The first-order valence-corrected chi connectivity index (χ1v) is 5.77. The van der Waals surface area contributed by atoms with Crippen molar-refractivity contribution >= 4 is 21.9 Å². The molecule has 0 fully saturated rings. The van der Waals surface area contributed by atoms with Crippen LogP contribution < -0.4 is 5.56 Å². The first-order chi connectivity index (χ1) is 8.01. The van der Waals surface area contributed by atoms with Crippen LogP contribution in [0.2, 0.25) is 0 Å². The van der Waals surface area contributed by atoms with Crippen molar-refractivity contribution < 1.29 is 18.3 Å². The fourth-order valence-electron chi connectivity index (χ4n) is 1.41. The third kappa shape index (κ3) is 3.12. The molecule has 0 spiro atoms. The molecule has 0 bridgehead atoms. The predicted octanol–water partition coefficient (Wildman–Crippen LogP) is 1.92. The Balaban J connectivity index is 3.30. The molecule has 0 aliphatic rings. The van der Waals surface area contributed by atoms with Gasteiger partial charge in [-0.15, -0.1) is 0 Å². The Bertz CT molecular complexity index is 473. The highest BCUT2D eigenvalue weighted by Gasteiger charge is 2.21. The highest BCUT2D eigenvalue weighted by molar-refractivity contribution is 9.08. The minimum Gasteiger partial charge on any atom is -0.469 e. The Morgan fingerprint density at radius 3 is 2.71 bits per heavy atom. The molecule has 0 amide bonds. The standard InChI is InChI=1S/C10H10BrF2NO3/c1-17-7(15)2-5-4-14-10(16)6(3-11)8(5)9(12)13/h4,9H,2-3H2,1H3,(H,14,16). The smallest absolute Gasteiger partial charge is 0.310 e. The van der Waals surface area contributed by atoms with Gasteiger partial charge in [0.1, 0.15) is 0 Å². The number of nitrogens with one attached hydrogen (secondary N) is 1. The van der Waals surface area contributed by atoms with Crippen LogP contribution in [0.3, 0.4) is 0 Å². The SMILES string of the molecule is COC(=O)Cc1c[nH]c(=O)c(CBr)c1C(F)F. The number of hydrogen-bond donors (Lipinski definition) is 1. The summed E-state index contributed by atoms with van der Waals surface area (Å²) in [6.45, 7) is 0. The highest BCUT2D eigenvalue weighted by Crippen LogP contribution is 2.26. The lowest BCUT2D eigenvalue weighted by Crippen LogP contribution is -2.18. The number of halogens is 3. The molecule has 1 rings (SSSR count). The number of pyridine rings is 1. The van der Waals surface area contributed by atoms with Crippen LogP contribution in [0.5, 0.6) is 0 Å². The summed E-state index contributed by atoms with van der Waals surface area (Å²) in [6.07, 6.45) is -2.00. The topological polar surface area (TPSA) is 59.2 Å². The quantitative estimate of drug-likeness (QED) is 0.683. The number of carbonyl (C=O) groups excluding carboxylic acids is 1. The Morgan fingerprint density at radius 1 is 1.59 bits per heavy atom. The molecule has 1 aromatic rings. The van der Waals surface area contributed by atoms with Gasteiger partial charge in [-0.25, -0.2) is 8.78 Å². The summed E-state index contributed by atoms with van der Waals surface area (Å²) in [5.74, 6) is -0.639. The number of aromatic nitrogens is 1. The van der Waals surface area contributed by atoms with E-state index < -0.39 is 23.5 Å². The van der Waals surface area contributed by atoms with Crippen molar-refractivity contribution in [3.63, 3.8) is 0 Å². The van der Waals surface area contributed by atoms with E-state index in [-0.39, 0.29) is 22.9 Å². The van der Waals surface area contributed by atoms with Gasteiger partial charge < -0.3 is 9.72 Å². The summed E-state index contributed by atoms with van der Waals surface area (Å²) in [4.78, 5) is 24.7. The Hall–Kier alpha value is -1.24. The molecule has 0 aliphatic heterocycles. The number of alkyl halides is 3. The normalized spacial score (nSPS) is 10.6. The maximum atomic E-state index is 12.9. The van der Waals surface area contributed by atoms with Crippen molar-refractivity contribution in [2.45, 2.75) is 18.2 Å². The second-order valence-electron chi connectivity index (χ2n) is 3.22. The average Bonchev–Trinajstić information content (AvgIpc) is 2.30. The number of hydrogen-bond acceptors (Lipinski definition) is 3. The monoisotopic (exact) mass is 309 g/mol. The molecule has 0 aromatic carbocycles. The maximum absolute atomic E-state index is 12.9. The third-order valence-corrected chi connectivity index (χ3v) is 2.80. The second-order valence-corrected chi connectivity index (χ2v) is 3.78. The zero-order chi connectivity index (χ0) is 13.0. The van der Waals surface area contributed by atoms with E-state index in [4.69, 9.17) is 0 Å². The summed E-state index contributed by atoms with van der Waals surface area (Å²) in [7, 11) is 1.17. The van der Waals surface area contributed by atoms with Crippen LogP contribution in [0.1, 0.15) is 23.1 Å². The van der Waals surface area contributed by atoms with Gasteiger partial charge in [0.25, 0.3) is 12.0 Å². The van der Waals surface area contributed by atoms with E-state index in [0.717, 1.165) is 6.20 Å². The zero-order valence-electron chi connectivity index (χ0n) is 8.93. The second kappa shape index (κ2) is 5.90. The Kier molecular flexibility index (Phi) is 4.80. The highest BCUT2D eigenvalue weighted by atomic mass is 79.9. The third-order valence-electron chi connectivity index (χ3n) is 2.24. The van der Waals surface area contributed by atoms with Crippen LogP contribution in [0, 0.1) is 0 Å². The van der Waals surface area contributed by atoms with Crippen LogP contribution in [-0.4, -0.2) is 18.1 Å². The molecule has 17 heavy (non-hydrogen) atoms. The van der Waals surface area contributed by atoms with E-state index in [1.807, 2.05) is 0 Å². The van der Waals surface area contributed by atoms with Gasteiger partial charge in [0.15, 0.2) is 0 Å². The molecule has 0 radical (unpaired) electrons. The van der Waals surface area contributed by atoms with Crippen molar-refractivity contribution in [2.75, 3.05) is 7.11 Å². The molecule has 7 heteroatoms. The average molecular weight is 310 g/mol. The van der Waals surface area contributed by atoms with Crippen LogP contribution >= 0.6 is 15.9 Å². The number of aromatic amines is 1. The van der Waals surface area contributed by atoms with E-state index >= 15 is 0 Å². The molecule has 1 aromatic heterocycles. The lowest BCUT2D eigenvalue weighted by Gasteiger charge is -2.11. The zero-order valence-corrected chi connectivity index (χ0v) is 10.5. The van der Waals surface area contributed by atoms with Crippen molar-refractivity contribution in [1.82, 2.24) is 4.98 Å². The minimum absolute atomic E-state index is 0.00296. The van der Waals surface area contributed by atoms with E-state index in [1.54, 1.807) is 0 Å². The summed E-state index contributed by atoms with van der Waals surface area (Å²) < 4.78 is 30.2. The summed E-state index contributed by atoms with van der Waals surface area (Å²) in [5, 5.41) is -0.00296. The van der Waals surface area contributed by atoms with Crippen LogP contribution in [0.25, 0.3) is 0 Å². The first kappa shape index (κ1) is 13.8. The van der Waals surface area contributed by atoms with E-state index in [9.17, 15) is 18.4 Å². The van der Waals surface area contributed by atoms with Gasteiger partial charge in [-0.1, -0.05) is 15.9 Å². The van der Waals surface area contributed by atoms with Crippen LogP contribution in [-0.2, 0) is 21.3 Å². The molecule has 1 heterocycles. The molecule has 0 saturated heterocycles. The van der Waals surface area contributed by atoms with E-state index in [0.29, 0.717) is 0 Å². The van der Waals surface area contributed by atoms with Crippen molar-refractivity contribution in [1.29, 1.82) is 0 Å². The van der Waals surface area contributed by atoms with Gasteiger partial charge >= 0.3 is 5.97 Å². The summed E-state index contributed by atoms with van der Waals surface area (Å²) >= 11 is 2.98. The molecular formula is C10H10BrF2NO3.